The number of fused-ring (bicyclic) bond motifs is 1. The predicted molar refractivity (Wildman–Crippen MR) is 82.2 cm³/mol. The molecule has 0 aliphatic rings. The van der Waals surface area contributed by atoms with Gasteiger partial charge in [0.25, 0.3) is 0 Å². The van der Waals surface area contributed by atoms with Gasteiger partial charge in [0.05, 0.1) is 13.2 Å². The van der Waals surface area contributed by atoms with Gasteiger partial charge in [-0.1, -0.05) is 18.2 Å². The van der Waals surface area contributed by atoms with Crippen molar-refractivity contribution in [2.45, 2.75) is 13.5 Å². The van der Waals surface area contributed by atoms with Crippen LogP contribution in [-0.4, -0.2) is 53.9 Å². The lowest BCUT2D eigenvalue weighted by Crippen LogP contribution is -2.38. The normalized spacial score (nSPS) is 11.0. The first-order valence-corrected chi connectivity index (χ1v) is 7.10. The Labute approximate surface area is 124 Å². The highest BCUT2D eigenvalue weighted by atomic mass is 16.5. The van der Waals surface area contributed by atoms with E-state index in [9.17, 15) is 4.79 Å². The van der Waals surface area contributed by atoms with E-state index in [2.05, 4.69) is 6.07 Å². The molecule has 1 amide bonds. The smallest absolute Gasteiger partial charge is 0.242 e. The average molecular weight is 290 g/mol. The van der Waals surface area contributed by atoms with Gasteiger partial charge >= 0.3 is 0 Å². The molecule has 0 fully saturated rings. The molecule has 0 aliphatic carbocycles. The van der Waals surface area contributed by atoms with Gasteiger partial charge in [0.15, 0.2) is 0 Å². The zero-order valence-corrected chi connectivity index (χ0v) is 12.6. The lowest BCUT2D eigenvalue weighted by molar-refractivity contribution is -0.133. The van der Waals surface area contributed by atoms with Crippen molar-refractivity contribution in [1.29, 1.82) is 0 Å². The number of aryl methyl sites for hydroxylation is 1. The third-order valence-corrected chi connectivity index (χ3v) is 3.60. The van der Waals surface area contributed by atoms with Gasteiger partial charge in [0.1, 0.15) is 6.54 Å². The second kappa shape index (κ2) is 7.24. The summed E-state index contributed by atoms with van der Waals surface area (Å²) < 4.78 is 7.02. The van der Waals surface area contributed by atoms with Gasteiger partial charge in [0.2, 0.25) is 5.91 Å². The van der Waals surface area contributed by atoms with Gasteiger partial charge in [-0.25, -0.2) is 0 Å². The third kappa shape index (κ3) is 3.62. The molecule has 0 unspecified atom stereocenters. The monoisotopic (exact) mass is 290 g/mol. The van der Waals surface area contributed by atoms with E-state index in [4.69, 9.17) is 9.84 Å². The quantitative estimate of drug-likeness (QED) is 0.839. The summed E-state index contributed by atoms with van der Waals surface area (Å²) in [6.45, 7) is 3.54. The molecule has 1 N–H and O–H groups in total. The summed E-state index contributed by atoms with van der Waals surface area (Å²) in [5.41, 5.74) is 2.11. The maximum absolute atomic E-state index is 12.4. The van der Waals surface area contributed by atoms with E-state index >= 15 is 0 Å². The summed E-state index contributed by atoms with van der Waals surface area (Å²) in [4.78, 5) is 14.1. The highest BCUT2D eigenvalue weighted by Crippen LogP contribution is 2.19. The molecule has 5 nitrogen and oxygen atoms in total. The Bertz CT molecular complexity index is 607. The number of aliphatic hydroxyl groups is 1. The van der Waals surface area contributed by atoms with Gasteiger partial charge in [-0.05, 0) is 24.4 Å². The van der Waals surface area contributed by atoms with Crippen molar-refractivity contribution < 1.29 is 14.6 Å². The SMILES string of the molecule is COCCN(CCO)C(=O)Cn1c(C)cc2ccccc21. The van der Waals surface area contributed by atoms with Crippen molar-refractivity contribution in [2.75, 3.05) is 33.4 Å². The summed E-state index contributed by atoms with van der Waals surface area (Å²) in [6.07, 6.45) is 0. The van der Waals surface area contributed by atoms with Crippen molar-refractivity contribution in [3.05, 3.63) is 36.0 Å². The van der Waals surface area contributed by atoms with Gasteiger partial charge in [-0.3, -0.25) is 4.79 Å². The molecule has 21 heavy (non-hydrogen) atoms. The summed E-state index contributed by atoms with van der Waals surface area (Å²) in [5.74, 6) is -0.00875. The highest BCUT2D eigenvalue weighted by Gasteiger charge is 2.15. The van der Waals surface area contributed by atoms with Crippen molar-refractivity contribution in [3.63, 3.8) is 0 Å². The summed E-state index contributed by atoms with van der Waals surface area (Å²) >= 11 is 0. The number of rotatable bonds is 7. The van der Waals surface area contributed by atoms with Crippen LogP contribution in [0.25, 0.3) is 10.9 Å². The lowest BCUT2D eigenvalue weighted by Gasteiger charge is -2.22. The molecule has 2 aromatic rings. The summed E-state index contributed by atoms with van der Waals surface area (Å²) in [5, 5.41) is 10.2. The summed E-state index contributed by atoms with van der Waals surface area (Å²) in [7, 11) is 1.60. The Balaban J connectivity index is 2.17. The Morgan fingerprint density at radius 2 is 2.10 bits per heavy atom. The first kappa shape index (κ1) is 15.5. The third-order valence-electron chi connectivity index (χ3n) is 3.60. The van der Waals surface area contributed by atoms with Crippen LogP contribution in [0.4, 0.5) is 0 Å². The van der Waals surface area contributed by atoms with Crippen molar-refractivity contribution in [3.8, 4) is 0 Å². The minimum atomic E-state index is -0.0408. The zero-order chi connectivity index (χ0) is 15.2. The van der Waals surface area contributed by atoms with Gasteiger partial charge in [-0.2, -0.15) is 0 Å². The lowest BCUT2D eigenvalue weighted by atomic mass is 10.2. The Morgan fingerprint density at radius 3 is 2.81 bits per heavy atom. The number of aromatic nitrogens is 1. The number of hydrogen-bond acceptors (Lipinski definition) is 3. The van der Waals surface area contributed by atoms with E-state index in [1.165, 1.54) is 0 Å². The van der Waals surface area contributed by atoms with Crippen LogP contribution in [0.15, 0.2) is 30.3 Å². The van der Waals surface area contributed by atoms with Crippen LogP contribution >= 0.6 is 0 Å². The largest absolute Gasteiger partial charge is 0.395 e. The molecule has 1 aromatic carbocycles. The van der Waals surface area contributed by atoms with E-state index in [0.717, 1.165) is 16.6 Å². The standard InChI is InChI=1S/C16H22N2O3/c1-13-11-14-5-3-4-6-15(14)18(13)12-16(20)17(7-9-19)8-10-21-2/h3-6,11,19H,7-10,12H2,1-2H3. The van der Waals surface area contributed by atoms with Crippen molar-refractivity contribution in [2.24, 2.45) is 0 Å². The number of carbonyl (C=O) groups is 1. The molecule has 114 valence electrons. The number of aliphatic hydroxyl groups excluding tert-OH is 1. The molecule has 2 rings (SSSR count). The minimum Gasteiger partial charge on any atom is -0.395 e. The first-order chi connectivity index (χ1) is 10.2. The molecule has 0 saturated heterocycles. The fraction of sp³-hybridized carbons (Fsp3) is 0.438. The van der Waals surface area contributed by atoms with Crippen LogP contribution in [0.3, 0.4) is 0 Å². The van der Waals surface area contributed by atoms with Crippen LogP contribution < -0.4 is 0 Å². The van der Waals surface area contributed by atoms with Crippen molar-refractivity contribution >= 4 is 16.8 Å². The Morgan fingerprint density at radius 1 is 1.33 bits per heavy atom. The number of nitrogens with zero attached hydrogens (tertiary/aromatic N) is 2. The van der Waals surface area contributed by atoms with Gasteiger partial charge in [0, 0.05) is 31.4 Å². The van der Waals surface area contributed by atoms with Crippen LogP contribution in [-0.2, 0) is 16.1 Å². The highest BCUT2D eigenvalue weighted by molar-refractivity contribution is 5.84. The molecule has 0 radical (unpaired) electrons. The molecule has 0 saturated carbocycles. The zero-order valence-electron chi connectivity index (χ0n) is 12.6. The molecule has 1 aromatic heterocycles. The molecule has 0 spiro atoms. The number of para-hydroxylation sites is 1. The minimum absolute atomic E-state index is 0.00875. The maximum Gasteiger partial charge on any atom is 0.242 e. The number of carbonyl (C=O) groups excluding carboxylic acids is 1. The van der Waals surface area contributed by atoms with Gasteiger partial charge in [-0.15, -0.1) is 0 Å². The number of amides is 1. The predicted octanol–water partition coefficient (Wildman–Crippen LogP) is 1.42. The summed E-state index contributed by atoms with van der Waals surface area (Å²) in [6, 6.07) is 10.1. The Hall–Kier alpha value is -1.85. The van der Waals surface area contributed by atoms with Gasteiger partial charge < -0.3 is 19.3 Å². The van der Waals surface area contributed by atoms with Crippen LogP contribution in [0.2, 0.25) is 0 Å². The number of methoxy groups -OCH3 is 1. The molecule has 0 aliphatic heterocycles. The van der Waals surface area contributed by atoms with Crippen LogP contribution in [0.1, 0.15) is 5.69 Å². The number of ether oxygens (including phenoxy) is 1. The maximum atomic E-state index is 12.4. The second-order valence-corrected chi connectivity index (χ2v) is 5.03. The number of hydrogen-bond donors (Lipinski definition) is 1. The second-order valence-electron chi connectivity index (χ2n) is 5.03. The number of benzene rings is 1. The van der Waals surface area contributed by atoms with Crippen molar-refractivity contribution in [1.82, 2.24) is 9.47 Å². The molecule has 0 bridgehead atoms. The molecule has 1 heterocycles. The topological polar surface area (TPSA) is 54.7 Å². The van der Waals surface area contributed by atoms with E-state index in [1.54, 1.807) is 12.0 Å². The fourth-order valence-electron chi connectivity index (χ4n) is 2.48. The van der Waals surface area contributed by atoms with E-state index in [0.29, 0.717) is 19.7 Å². The van der Waals surface area contributed by atoms with E-state index in [1.807, 2.05) is 35.8 Å². The fourth-order valence-corrected chi connectivity index (χ4v) is 2.48. The molecular formula is C16H22N2O3. The molecule has 5 heteroatoms. The van der Waals surface area contributed by atoms with Crippen LogP contribution in [0.5, 0.6) is 0 Å². The van der Waals surface area contributed by atoms with E-state index < -0.39 is 0 Å². The van der Waals surface area contributed by atoms with Crippen LogP contribution in [0, 0.1) is 6.92 Å². The Kier molecular flexibility index (Phi) is 5.36. The first-order valence-electron chi connectivity index (χ1n) is 7.10. The molecular weight excluding hydrogens is 268 g/mol. The average Bonchev–Trinajstić information content (AvgIpc) is 2.79. The molecule has 0 atom stereocenters. The van der Waals surface area contributed by atoms with E-state index in [-0.39, 0.29) is 19.1 Å².